The van der Waals surface area contributed by atoms with Crippen molar-refractivity contribution >= 4 is 5.97 Å². The van der Waals surface area contributed by atoms with Gasteiger partial charge in [0.05, 0.1) is 19.8 Å². The van der Waals surface area contributed by atoms with Crippen LogP contribution in [0.2, 0.25) is 0 Å². The van der Waals surface area contributed by atoms with Crippen LogP contribution in [0.1, 0.15) is 46.0 Å². The first-order chi connectivity index (χ1) is 15.1. The molecule has 0 amide bonds. The highest BCUT2D eigenvalue weighted by Crippen LogP contribution is 2.28. The van der Waals surface area contributed by atoms with Gasteiger partial charge in [0.15, 0.2) is 6.29 Å². The molecular formula is C25H31FO5. The second-order valence-electron chi connectivity index (χ2n) is 7.72. The molecule has 0 unspecified atom stereocenters. The van der Waals surface area contributed by atoms with E-state index in [1.165, 1.54) is 6.07 Å². The Morgan fingerprint density at radius 3 is 2.35 bits per heavy atom. The molecule has 0 atom stereocenters. The molecule has 1 aliphatic heterocycles. The topological polar surface area (TPSA) is 54.0 Å². The van der Waals surface area contributed by atoms with E-state index in [-0.39, 0.29) is 18.1 Å². The number of benzene rings is 2. The van der Waals surface area contributed by atoms with E-state index in [4.69, 9.17) is 18.9 Å². The average molecular weight is 431 g/mol. The zero-order valence-electron chi connectivity index (χ0n) is 18.3. The Bertz CT molecular complexity index is 828. The van der Waals surface area contributed by atoms with Gasteiger partial charge in [-0.05, 0) is 49.1 Å². The van der Waals surface area contributed by atoms with Gasteiger partial charge in [-0.2, -0.15) is 0 Å². The van der Waals surface area contributed by atoms with Crippen molar-refractivity contribution in [1.82, 2.24) is 0 Å². The molecule has 0 N–H and O–H groups in total. The number of halogens is 1. The van der Waals surface area contributed by atoms with Gasteiger partial charge in [-0.25, -0.2) is 4.39 Å². The first-order valence-corrected chi connectivity index (χ1v) is 11.1. The van der Waals surface area contributed by atoms with E-state index in [2.05, 4.69) is 6.92 Å². The Hall–Kier alpha value is -2.44. The second-order valence-corrected chi connectivity index (χ2v) is 7.72. The quantitative estimate of drug-likeness (QED) is 0.273. The van der Waals surface area contributed by atoms with E-state index in [1.807, 2.05) is 6.92 Å². The Labute approximate surface area is 183 Å². The van der Waals surface area contributed by atoms with E-state index in [1.54, 1.807) is 36.4 Å². The molecule has 2 aromatic rings. The number of rotatable bonds is 10. The minimum absolute atomic E-state index is 0.233. The van der Waals surface area contributed by atoms with Crippen LogP contribution in [0.3, 0.4) is 0 Å². The van der Waals surface area contributed by atoms with Crippen LogP contribution >= 0.6 is 0 Å². The molecule has 0 bridgehead atoms. The maximum Gasteiger partial charge on any atom is 0.319 e. The molecule has 31 heavy (non-hydrogen) atoms. The van der Waals surface area contributed by atoms with Gasteiger partial charge in [0.25, 0.3) is 0 Å². The van der Waals surface area contributed by atoms with Crippen LogP contribution in [-0.2, 0) is 14.3 Å². The molecule has 5 nitrogen and oxygen atoms in total. The van der Waals surface area contributed by atoms with Gasteiger partial charge in [-0.3, -0.25) is 4.79 Å². The molecule has 1 aliphatic rings. The molecule has 0 aliphatic carbocycles. The normalized spacial score (nSPS) is 18.5. The lowest BCUT2D eigenvalue weighted by Crippen LogP contribution is -2.38. The summed E-state index contributed by atoms with van der Waals surface area (Å²) in [5, 5.41) is 0. The monoisotopic (exact) mass is 430 g/mol. The first kappa shape index (κ1) is 23.2. The summed E-state index contributed by atoms with van der Waals surface area (Å²) in [5.74, 6) is -0.276. The third-order valence-electron chi connectivity index (χ3n) is 5.14. The summed E-state index contributed by atoms with van der Waals surface area (Å²) in [6.07, 6.45) is 4.82. The third-order valence-corrected chi connectivity index (χ3v) is 5.14. The van der Waals surface area contributed by atoms with E-state index >= 15 is 0 Å². The molecule has 3 rings (SSSR count). The number of esters is 1. The van der Waals surface area contributed by atoms with Crippen LogP contribution in [-0.4, -0.2) is 32.1 Å². The minimum atomic E-state index is -0.449. The molecular weight excluding hydrogens is 399 g/mol. The van der Waals surface area contributed by atoms with E-state index in [0.717, 1.165) is 32.1 Å². The molecule has 6 heteroatoms. The summed E-state index contributed by atoms with van der Waals surface area (Å²) in [6, 6.07) is 11.6. The Kier molecular flexibility index (Phi) is 8.85. The number of carbonyl (C=O) groups is 1. The van der Waals surface area contributed by atoms with Crippen LogP contribution in [0.4, 0.5) is 4.39 Å². The number of ether oxygens (including phenoxy) is 4. The third kappa shape index (κ3) is 6.77. The highest BCUT2D eigenvalue weighted by molar-refractivity contribution is 5.76. The lowest BCUT2D eigenvalue weighted by Gasteiger charge is -2.28. The number of carbonyl (C=O) groups excluding carboxylic acids is 1. The van der Waals surface area contributed by atoms with Gasteiger partial charge in [0.2, 0.25) is 0 Å². The maximum absolute atomic E-state index is 14.5. The van der Waals surface area contributed by atoms with Crippen molar-refractivity contribution in [1.29, 1.82) is 0 Å². The zero-order chi connectivity index (χ0) is 22.1. The highest BCUT2D eigenvalue weighted by atomic mass is 19.1. The Balaban J connectivity index is 1.52. The van der Waals surface area contributed by atoms with Gasteiger partial charge in [-0.15, -0.1) is 0 Å². The molecule has 168 valence electrons. The largest absolute Gasteiger partial charge is 0.494 e. The number of hydrogen-bond acceptors (Lipinski definition) is 5. The molecule has 1 fully saturated rings. The summed E-state index contributed by atoms with van der Waals surface area (Å²) in [4.78, 5) is 12.4. The molecule has 1 saturated heterocycles. The SMILES string of the molecule is CCCCCC1OCC(C(=O)Oc2ccc(-c3ccc(OCCC)cc3F)cc2)CO1. The Morgan fingerprint density at radius 1 is 1.00 bits per heavy atom. The van der Waals surface area contributed by atoms with Crippen molar-refractivity contribution in [2.75, 3.05) is 19.8 Å². The second kappa shape index (κ2) is 11.8. The minimum Gasteiger partial charge on any atom is -0.494 e. The van der Waals surface area contributed by atoms with Crippen LogP contribution in [0.5, 0.6) is 11.5 Å². The number of hydrogen-bond donors (Lipinski definition) is 0. The fourth-order valence-corrected chi connectivity index (χ4v) is 3.35. The van der Waals surface area contributed by atoms with E-state index in [0.29, 0.717) is 42.4 Å². The molecule has 1 heterocycles. The van der Waals surface area contributed by atoms with Gasteiger partial charge < -0.3 is 18.9 Å². The van der Waals surface area contributed by atoms with E-state index in [9.17, 15) is 9.18 Å². The van der Waals surface area contributed by atoms with Crippen molar-refractivity contribution in [2.45, 2.75) is 52.2 Å². The summed E-state index contributed by atoms with van der Waals surface area (Å²) in [5.41, 5.74) is 1.16. The van der Waals surface area contributed by atoms with Crippen molar-refractivity contribution in [2.24, 2.45) is 5.92 Å². The lowest BCUT2D eigenvalue weighted by molar-refractivity contribution is -0.208. The predicted octanol–water partition coefficient (Wildman–Crippen LogP) is 5.76. The van der Waals surface area contributed by atoms with Crippen LogP contribution in [0.25, 0.3) is 11.1 Å². The van der Waals surface area contributed by atoms with Gasteiger partial charge in [0.1, 0.15) is 23.2 Å². The van der Waals surface area contributed by atoms with Crippen LogP contribution in [0.15, 0.2) is 42.5 Å². The summed E-state index contributed by atoms with van der Waals surface area (Å²) in [7, 11) is 0. The first-order valence-electron chi connectivity index (χ1n) is 11.1. The highest BCUT2D eigenvalue weighted by Gasteiger charge is 2.29. The lowest BCUT2D eigenvalue weighted by atomic mass is 10.0. The van der Waals surface area contributed by atoms with Gasteiger partial charge >= 0.3 is 5.97 Å². The molecule has 0 spiro atoms. The fourth-order valence-electron chi connectivity index (χ4n) is 3.35. The predicted molar refractivity (Wildman–Crippen MR) is 117 cm³/mol. The van der Waals surface area contributed by atoms with Crippen LogP contribution < -0.4 is 9.47 Å². The van der Waals surface area contributed by atoms with Crippen molar-refractivity contribution in [3.8, 4) is 22.6 Å². The summed E-state index contributed by atoms with van der Waals surface area (Å²) in [6.45, 7) is 5.29. The Morgan fingerprint density at radius 2 is 1.71 bits per heavy atom. The van der Waals surface area contributed by atoms with Gasteiger partial charge in [0, 0.05) is 11.6 Å². The molecule has 2 aromatic carbocycles. The summed E-state index contributed by atoms with van der Waals surface area (Å²) < 4.78 is 36.7. The summed E-state index contributed by atoms with van der Waals surface area (Å²) >= 11 is 0. The molecule has 0 aromatic heterocycles. The maximum atomic E-state index is 14.5. The fraction of sp³-hybridized carbons (Fsp3) is 0.480. The zero-order valence-corrected chi connectivity index (χ0v) is 18.3. The molecule has 0 saturated carbocycles. The average Bonchev–Trinajstić information content (AvgIpc) is 2.79. The standard InChI is InChI=1S/C25H31FO5/c1-3-5-6-7-24-29-16-19(17-30-24)25(27)31-20-10-8-18(9-11-20)22-13-12-21(15-23(22)26)28-14-4-2/h8-13,15,19,24H,3-7,14,16-17H2,1-2H3. The smallest absolute Gasteiger partial charge is 0.319 e. The molecule has 0 radical (unpaired) electrons. The number of unbranched alkanes of at least 4 members (excludes halogenated alkanes) is 2. The van der Waals surface area contributed by atoms with Crippen molar-refractivity contribution < 1.29 is 28.1 Å². The van der Waals surface area contributed by atoms with Crippen molar-refractivity contribution in [3.63, 3.8) is 0 Å². The van der Waals surface area contributed by atoms with E-state index < -0.39 is 5.92 Å². The van der Waals surface area contributed by atoms with Gasteiger partial charge in [-0.1, -0.05) is 38.8 Å². The van der Waals surface area contributed by atoms with Crippen molar-refractivity contribution in [3.05, 3.63) is 48.3 Å². The van der Waals surface area contributed by atoms with Crippen LogP contribution in [0, 0.1) is 11.7 Å².